The number of rotatable bonds is 6. The van der Waals surface area contributed by atoms with Crippen LogP contribution in [0.15, 0.2) is 42.5 Å². The minimum atomic E-state index is -0.0323. The lowest BCUT2D eigenvalue weighted by molar-refractivity contribution is -0.115. The second kappa shape index (κ2) is 8.14. The summed E-state index contributed by atoms with van der Waals surface area (Å²) in [6.45, 7) is 7.18. The summed E-state index contributed by atoms with van der Waals surface area (Å²) < 4.78 is 0. The van der Waals surface area contributed by atoms with Gasteiger partial charge in [0.15, 0.2) is 0 Å². The van der Waals surface area contributed by atoms with Crippen molar-refractivity contribution >= 4 is 23.2 Å². The van der Waals surface area contributed by atoms with E-state index in [9.17, 15) is 4.79 Å². The van der Waals surface area contributed by atoms with Gasteiger partial charge in [0, 0.05) is 17.3 Å². The molecule has 2 rings (SSSR count). The Bertz CT molecular complexity index is 666. The molecule has 0 heterocycles. The van der Waals surface area contributed by atoms with E-state index in [1.165, 1.54) is 0 Å². The third-order valence-electron chi connectivity index (χ3n) is 3.72. The Labute approximate surface area is 143 Å². The van der Waals surface area contributed by atoms with E-state index >= 15 is 0 Å². The van der Waals surface area contributed by atoms with Crippen LogP contribution in [-0.4, -0.2) is 12.5 Å². The lowest BCUT2D eigenvalue weighted by Crippen LogP contribution is -2.28. The highest BCUT2D eigenvalue weighted by Crippen LogP contribution is 2.27. The lowest BCUT2D eigenvalue weighted by atomic mass is 9.98. The minimum Gasteiger partial charge on any atom is -0.324 e. The predicted octanol–water partition coefficient (Wildman–Crippen LogP) is 4.50. The van der Waals surface area contributed by atoms with Crippen molar-refractivity contribution in [2.75, 3.05) is 11.9 Å². The zero-order valence-electron chi connectivity index (χ0n) is 13.8. The first-order valence-corrected chi connectivity index (χ1v) is 8.19. The number of aryl methyl sites for hydroxylation is 1. The van der Waals surface area contributed by atoms with Gasteiger partial charge in [0.25, 0.3) is 0 Å². The van der Waals surface area contributed by atoms with Gasteiger partial charge in [-0.1, -0.05) is 55.8 Å². The molecule has 0 spiro atoms. The fourth-order valence-corrected chi connectivity index (χ4v) is 2.57. The molecule has 0 fully saturated rings. The molecular weight excluding hydrogens is 308 g/mol. The topological polar surface area (TPSA) is 41.1 Å². The summed E-state index contributed by atoms with van der Waals surface area (Å²) >= 11 is 5.86. The van der Waals surface area contributed by atoms with Crippen LogP contribution in [0.4, 0.5) is 5.69 Å². The van der Waals surface area contributed by atoms with Crippen LogP contribution in [-0.2, 0) is 11.3 Å². The molecule has 1 amide bonds. The summed E-state index contributed by atoms with van der Waals surface area (Å²) in [4.78, 5) is 12.2. The van der Waals surface area contributed by atoms with E-state index in [0.717, 1.165) is 22.4 Å². The highest BCUT2D eigenvalue weighted by Gasteiger charge is 2.11. The Morgan fingerprint density at radius 2 is 1.83 bits per heavy atom. The van der Waals surface area contributed by atoms with Crippen molar-refractivity contribution < 1.29 is 4.79 Å². The Morgan fingerprint density at radius 3 is 2.48 bits per heavy atom. The van der Waals surface area contributed by atoms with Crippen molar-refractivity contribution in [2.45, 2.75) is 33.2 Å². The highest BCUT2D eigenvalue weighted by molar-refractivity contribution is 6.30. The van der Waals surface area contributed by atoms with Crippen LogP contribution in [0.25, 0.3) is 0 Å². The molecule has 0 unspecified atom stereocenters. The van der Waals surface area contributed by atoms with Gasteiger partial charge in [0.1, 0.15) is 0 Å². The molecule has 0 saturated heterocycles. The van der Waals surface area contributed by atoms with E-state index < -0.39 is 0 Å². The van der Waals surface area contributed by atoms with Crippen LogP contribution in [0.5, 0.6) is 0 Å². The first-order chi connectivity index (χ1) is 11.0. The molecule has 0 aromatic heterocycles. The molecule has 0 saturated carbocycles. The maximum absolute atomic E-state index is 12.2. The zero-order chi connectivity index (χ0) is 16.8. The Hall–Kier alpha value is -1.84. The standard InChI is InChI=1S/C19H23ClN2O/c1-13(2)17-6-4-5-14(3)19(17)22-18(23)12-21-11-15-7-9-16(20)10-8-15/h4-10,13,21H,11-12H2,1-3H3,(H,22,23). The largest absolute Gasteiger partial charge is 0.324 e. The number of benzene rings is 2. The molecule has 4 heteroatoms. The molecule has 0 aliphatic carbocycles. The van der Waals surface area contributed by atoms with E-state index in [-0.39, 0.29) is 12.5 Å². The number of nitrogens with one attached hydrogen (secondary N) is 2. The number of hydrogen-bond donors (Lipinski definition) is 2. The van der Waals surface area contributed by atoms with Crippen molar-refractivity contribution in [3.05, 3.63) is 64.2 Å². The van der Waals surface area contributed by atoms with Gasteiger partial charge in [-0.3, -0.25) is 4.79 Å². The minimum absolute atomic E-state index is 0.0323. The van der Waals surface area contributed by atoms with Crippen LogP contribution >= 0.6 is 11.6 Å². The van der Waals surface area contributed by atoms with Crippen LogP contribution < -0.4 is 10.6 Å². The molecule has 23 heavy (non-hydrogen) atoms. The normalized spacial score (nSPS) is 10.8. The van der Waals surface area contributed by atoms with Gasteiger partial charge >= 0.3 is 0 Å². The third-order valence-corrected chi connectivity index (χ3v) is 3.97. The van der Waals surface area contributed by atoms with Gasteiger partial charge in [-0.2, -0.15) is 0 Å². The van der Waals surface area contributed by atoms with Crippen LogP contribution in [0.3, 0.4) is 0 Å². The van der Waals surface area contributed by atoms with E-state index in [4.69, 9.17) is 11.6 Å². The molecule has 122 valence electrons. The number of para-hydroxylation sites is 1. The molecule has 0 atom stereocenters. The second-order valence-electron chi connectivity index (χ2n) is 5.97. The number of anilines is 1. The summed E-state index contributed by atoms with van der Waals surface area (Å²) in [6.07, 6.45) is 0. The Morgan fingerprint density at radius 1 is 1.13 bits per heavy atom. The van der Waals surface area contributed by atoms with Gasteiger partial charge < -0.3 is 10.6 Å². The van der Waals surface area contributed by atoms with Crippen molar-refractivity contribution in [2.24, 2.45) is 0 Å². The van der Waals surface area contributed by atoms with Gasteiger partial charge in [0.05, 0.1) is 6.54 Å². The van der Waals surface area contributed by atoms with E-state index in [1.807, 2.05) is 43.3 Å². The van der Waals surface area contributed by atoms with Crippen molar-refractivity contribution in [1.29, 1.82) is 0 Å². The summed E-state index contributed by atoms with van der Waals surface area (Å²) in [5, 5.41) is 6.90. The summed E-state index contributed by atoms with van der Waals surface area (Å²) in [6, 6.07) is 13.7. The quantitative estimate of drug-likeness (QED) is 0.818. The van der Waals surface area contributed by atoms with Gasteiger partial charge in [0.2, 0.25) is 5.91 Å². The van der Waals surface area contributed by atoms with E-state index in [0.29, 0.717) is 17.5 Å². The first-order valence-electron chi connectivity index (χ1n) is 7.82. The van der Waals surface area contributed by atoms with Crippen molar-refractivity contribution in [1.82, 2.24) is 5.32 Å². The smallest absolute Gasteiger partial charge is 0.238 e. The summed E-state index contributed by atoms with van der Waals surface area (Å²) in [7, 11) is 0. The lowest BCUT2D eigenvalue weighted by Gasteiger charge is -2.16. The van der Waals surface area contributed by atoms with Crippen molar-refractivity contribution in [3.8, 4) is 0 Å². The monoisotopic (exact) mass is 330 g/mol. The average Bonchev–Trinajstić information content (AvgIpc) is 2.51. The van der Waals surface area contributed by atoms with E-state index in [2.05, 4.69) is 30.5 Å². The Kier molecular flexibility index (Phi) is 6.20. The molecule has 0 bridgehead atoms. The second-order valence-corrected chi connectivity index (χ2v) is 6.41. The number of amides is 1. The Balaban J connectivity index is 1.91. The van der Waals surface area contributed by atoms with Gasteiger partial charge in [-0.25, -0.2) is 0 Å². The molecule has 0 aliphatic heterocycles. The molecule has 2 aromatic carbocycles. The highest BCUT2D eigenvalue weighted by atomic mass is 35.5. The summed E-state index contributed by atoms with van der Waals surface area (Å²) in [5.74, 6) is 0.336. The number of carbonyl (C=O) groups is 1. The average molecular weight is 331 g/mol. The van der Waals surface area contributed by atoms with Crippen LogP contribution in [0.1, 0.15) is 36.5 Å². The predicted molar refractivity (Wildman–Crippen MR) is 97.1 cm³/mol. The number of halogens is 1. The SMILES string of the molecule is Cc1cccc(C(C)C)c1NC(=O)CNCc1ccc(Cl)cc1. The summed E-state index contributed by atoms with van der Waals surface area (Å²) in [5.41, 5.74) is 4.28. The third kappa shape index (κ3) is 5.08. The number of hydrogen-bond acceptors (Lipinski definition) is 2. The van der Waals surface area contributed by atoms with E-state index in [1.54, 1.807) is 0 Å². The number of carbonyl (C=O) groups excluding carboxylic acids is 1. The van der Waals surface area contributed by atoms with Gasteiger partial charge in [-0.05, 0) is 41.7 Å². The van der Waals surface area contributed by atoms with Gasteiger partial charge in [-0.15, -0.1) is 0 Å². The zero-order valence-corrected chi connectivity index (χ0v) is 14.6. The first kappa shape index (κ1) is 17.5. The molecule has 3 nitrogen and oxygen atoms in total. The maximum Gasteiger partial charge on any atom is 0.238 e. The molecule has 0 aliphatic rings. The molecule has 2 aromatic rings. The fourth-order valence-electron chi connectivity index (χ4n) is 2.45. The maximum atomic E-state index is 12.2. The fraction of sp³-hybridized carbons (Fsp3) is 0.316. The molecule has 0 radical (unpaired) electrons. The van der Waals surface area contributed by atoms with Crippen molar-refractivity contribution in [3.63, 3.8) is 0 Å². The van der Waals surface area contributed by atoms with Crippen LogP contribution in [0.2, 0.25) is 5.02 Å². The molecular formula is C19H23ClN2O. The van der Waals surface area contributed by atoms with Crippen LogP contribution in [0, 0.1) is 6.92 Å². The molecule has 2 N–H and O–H groups in total.